The first kappa shape index (κ1) is 13.2. The molecule has 1 aromatic carbocycles. The molecule has 0 heterocycles. The molecular weight excluding hydrogens is 294 g/mol. The molecule has 0 spiro atoms. The molecule has 6 heteroatoms. The van der Waals surface area contributed by atoms with Crippen LogP contribution in [0, 0.1) is 10.1 Å². The standard InChI is InChI=1S/C10H10BrNO3S/c1-6(11)10(13)7-3-4-8(12(14)15)9(5-7)16-2/h3-6H,1-2H3. The van der Waals surface area contributed by atoms with Crippen LogP contribution in [-0.2, 0) is 0 Å². The van der Waals surface area contributed by atoms with Gasteiger partial charge in [0, 0.05) is 11.6 Å². The van der Waals surface area contributed by atoms with Gasteiger partial charge in [0.2, 0.25) is 0 Å². The maximum Gasteiger partial charge on any atom is 0.282 e. The summed E-state index contributed by atoms with van der Waals surface area (Å²) in [5.74, 6) is -0.0785. The van der Waals surface area contributed by atoms with Gasteiger partial charge in [-0.2, -0.15) is 0 Å². The van der Waals surface area contributed by atoms with Crippen molar-refractivity contribution >= 4 is 39.2 Å². The van der Waals surface area contributed by atoms with E-state index in [2.05, 4.69) is 15.9 Å². The van der Waals surface area contributed by atoms with Gasteiger partial charge in [-0.25, -0.2) is 0 Å². The van der Waals surface area contributed by atoms with Crippen molar-refractivity contribution in [3.05, 3.63) is 33.9 Å². The molecule has 0 saturated heterocycles. The predicted molar refractivity (Wildman–Crippen MR) is 67.6 cm³/mol. The normalized spacial score (nSPS) is 12.2. The number of nitro benzene ring substituents is 1. The Labute approximate surface area is 106 Å². The predicted octanol–water partition coefficient (Wildman–Crippen LogP) is 3.28. The number of carbonyl (C=O) groups excluding carboxylic acids is 1. The van der Waals surface area contributed by atoms with Gasteiger partial charge in [0.15, 0.2) is 5.78 Å². The van der Waals surface area contributed by atoms with Crippen molar-refractivity contribution in [3.63, 3.8) is 0 Å². The van der Waals surface area contributed by atoms with Crippen LogP contribution in [0.25, 0.3) is 0 Å². The fourth-order valence-corrected chi connectivity index (χ4v) is 2.07. The minimum Gasteiger partial charge on any atom is -0.293 e. The van der Waals surface area contributed by atoms with Crippen LogP contribution in [0.3, 0.4) is 0 Å². The number of benzene rings is 1. The third-order valence-corrected chi connectivity index (χ3v) is 3.20. The van der Waals surface area contributed by atoms with Gasteiger partial charge in [-0.3, -0.25) is 14.9 Å². The average Bonchev–Trinajstić information content (AvgIpc) is 2.26. The van der Waals surface area contributed by atoms with E-state index in [0.717, 1.165) is 0 Å². The van der Waals surface area contributed by atoms with E-state index in [1.807, 2.05) is 0 Å². The molecule has 4 nitrogen and oxygen atoms in total. The van der Waals surface area contributed by atoms with Gasteiger partial charge < -0.3 is 0 Å². The minimum absolute atomic E-state index is 0.0336. The third-order valence-electron chi connectivity index (χ3n) is 2.02. The monoisotopic (exact) mass is 303 g/mol. The van der Waals surface area contributed by atoms with Gasteiger partial charge in [0.05, 0.1) is 14.6 Å². The number of nitrogens with zero attached hydrogens (tertiary/aromatic N) is 1. The van der Waals surface area contributed by atoms with Crippen molar-refractivity contribution in [2.75, 3.05) is 6.26 Å². The third kappa shape index (κ3) is 2.82. The molecule has 1 rings (SSSR count). The SMILES string of the molecule is CSc1cc(C(=O)C(C)Br)ccc1[N+](=O)[O-]. The van der Waals surface area contributed by atoms with E-state index in [0.29, 0.717) is 10.5 Å². The van der Waals surface area contributed by atoms with Crippen molar-refractivity contribution in [3.8, 4) is 0 Å². The summed E-state index contributed by atoms with van der Waals surface area (Å²) in [5, 5.41) is 10.7. The van der Waals surface area contributed by atoms with Crippen LogP contribution in [-0.4, -0.2) is 21.8 Å². The Morgan fingerprint density at radius 1 is 1.56 bits per heavy atom. The first-order valence-electron chi connectivity index (χ1n) is 4.48. The lowest BCUT2D eigenvalue weighted by Gasteiger charge is -2.05. The Kier molecular flexibility index (Phi) is 4.49. The van der Waals surface area contributed by atoms with Crippen molar-refractivity contribution in [1.29, 1.82) is 0 Å². The van der Waals surface area contributed by atoms with E-state index in [1.54, 1.807) is 19.2 Å². The van der Waals surface area contributed by atoms with Crippen LogP contribution in [0.4, 0.5) is 5.69 Å². The van der Waals surface area contributed by atoms with Crippen molar-refractivity contribution in [2.24, 2.45) is 0 Å². The van der Waals surface area contributed by atoms with Crippen LogP contribution >= 0.6 is 27.7 Å². The highest BCUT2D eigenvalue weighted by atomic mass is 79.9. The van der Waals surface area contributed by atoms with Gasteiger partial charge >= 0.3 is 0 Å². The second-order valence-corrected chi connectivity index (χ2v) is 5.35. The lowest BCUT2D eigenvalue weighted by atomic mass is 10.1. The molecule has 1 atom stereocenters. The summed E-state index contributed by atoms with van der Waals surface area (Å²) in [4.78, 5) is 22.1. The van der Waals surface area contributed by atoms with E-state index in [-0.39, 0.29) is 16.3 Å². The van der Waals surface area contributed by atoms with Crippen molar-refractivity contribution in [2.45, 2.75) is 16.6 Å². The quantitative estimate of drug-likeness (QED) is 0.281. The molecule has 0 fully saturated rings. The highest BCUT2D eigenvalue weighted by Crippen LogP contribution is 2.29. The number of nitro groups is 1. The van der Waals surface area contributed by atoms with Gasteiger partial charge in [-0.05, 0) is 25.3 Å². The zero-order valence-corrected chi connectivity index (χ0v) is 11.2. The molecule has 0 radical (unpaired) electrons. The molecule has 0 aliphatic carbocycles. The Morgan fingerprint density at radius 2 is 2.19 bits per heavy atom. The smallest absolute Gasteiger partial charge is 0.282 e. The number of ketones is 1. The van der Waals surface area contributed by atoms with Crippen molar-refractivity contribution < 1.29 is 9.72 Å². The first-order chi connectivity index (χ1) is 7.47. The number of thioether (sulfide) groups is 1. The van der Waals surface area contributed by atoms with E-state index >= 15 is 0 Å². The second-order valence-electron chi connectivity index (χ2n) is 3.12. The molecule has 1 unspecified atom stereocenters. The number of halogens is 1. The lowest BCUT2D eigenvalue weighted by Crippen LogP contribution is -2.10. The zero-order chi connectivity index (χ0) is 12.3. The molecule has 1 aromatic rings. The number of Topliss-reactive ketones (excluding diaryl/α,β-unsaturated/α-hetero) is 1. The summed E-state index contributed by atoms with van der Waals surface area (Å²) in [6.45, 7) is 1.72. The molecular formula is C10H10BrNO3S. The summed E-state index contributed by atoms with van der Waals surface area (Å²) < 4.78 is 0. The van der Waals surface area contributed by atoms with Gasteiger partial charge in [0.25, 0.3) is 5.69 Å². The summed E-state index contributed by atoms with van der Waals surface area (Å²) in [5.41, 5.74) is 0.519. The topological polar surface area (TPSA) is 60.2 Å². The molecule has 0 aliphatic rings. The first-order valence-corrected chi connectivity index (χ1v) is 6.62. The number of carbonyl (C=O) groups is 1. The van der Waals surface area contributed by atoms with E-state index < -0.39 is 4.92 Å². The van der Waals surface area contributed by atoms with Crippen LogP contribution in [0.5, 0.6) is 0 Å². The fourth-order valence-electron chi connectivity index (χ4n) is 1.21. The molecule has 0 amide bonds. The summed E-state index contributed by atoms with van der Waals surface area (Å²) in [7, 11) is 0. The average molecular weight is 304 g/mol. The van der Waals surface area contributed by atoms with E-state index in [9.17, 15) is 14.9 Å². The Balaban J connectivity index is 3.19. The number of hydrogen-bond donors (Lipinski definition) is 0. The van der Waals surface area contributed by atoms with E-state index in [1.165, 1.54) is 23.9 Å². The summed E-state index contributed by atoms with van der Waals surface area (Å²) in [6.07, 6.45) is 1.74. The van der Waals surface area contributed by atoms with Crippen molar-refractivity contribution in [1.82, 2.24) is 0 Å². The summed E-state index contributed by atoms with van der Waals surface area (Å²) in [6, 6.07) is 4.41. The molecule has 0 aliphatic heterocycles. The van der Waals surface area contributed by atoms with Crippen LogP contribution < -0.4 is 0 Å². The Bertz CT molecular complexity index is 434. The second kappa shape index (κ2) is 5.45. The van der Waals surface area contributed by atoms with Gasteiger partial charge in [-0.1, -0.05) is 15.9 Å². The zero-order valence-electron chi connectivity index (χ0n) is 8.77. The molecule has 16 heavy (non-hydrogen) atoms. The highest BCUT2D eigenvalue weighted by molar-refractivity contribution is 9.10. The van der Waals surface area contributed by atoms with Crippen LogP contribution in [0.15, 0.2) is 23.1 Å². The molecule has 0 bridgehead atoms. The molecule has 0 N–H and O–H groups in total. The summed E-state index contributed by atoms with van der Waals surface area (Å²) >= 11 is 4.44. The Hall–Kier alpha value is -0.880. The highest BCUT2D eigenvalue weighted by Gasteiger charge is 2.18. The maximum absolute atomic E-state index is 11.7. The molecule has 0 aromatic heterocycles. The maximum atomic E-state index is 11.7. The Morgan fingerprint density at radius 3 is 2.62 bits per heavy atom. The van der Waals surface area contributed by atoms with Gasteiger partial charge in [0.1, 0.15) is 0 Å². The number of rotatable bonds is 4. The number of alkyl halides is 1. The largest absolute Gasteiger partial charge is 0.293 e. The van der Waals surface area contributed by atoms with E-state index in [4.69, 9.17) is 0 Å². The molecule has 0 saturated carbocycles. The number of hydrogen-bond acceptors (Lipinski definition) is 4. The van der Waals surface area contributed by atoms with Gasteiger partial charge in [-0.15, -0.1) is 11.8 Å². The van der Waals surface area contributed by atoms with Crippen LogP contribution in [0.1, 0.15) is 17.3 Å². The fraction of sp³-hybridized carbons (Fsp3) is 0.300. The van der Waals surface area contributed by atoms with Crippen LogP contribution in [0.2, 0.25) is 0 Å². The minimum atomic E-state index is -0.447. The molecule has 86 valence electrons. The lowest BCUT2D eigenvalue weighted by molar-refractivity contribution is -0.387.